The van der Waals surface area contributed by atoms with Crippen LogP contribution in [-0.2, 0) is 4.57 Å². The van der Waals surface area contributed by atoms with E-state index in [1.807, 2.05) is 0 Å². The Labute approximate surface area is 123 Å². The molecule has 0 spiro atoms. The minimum atomic E-state index is -2.54. The monoisotopic (exact) mass is 308 g/mol. The zero-order chi connectivity index (χ0) is 15.6. The van der Waals surface area contributed by atoms with Gasteiger partial charge in [-0.25, -0.2) is 9.37 Å². The molecule has 0 radical (unpaired) electrons. The summed E-state index contributed by atoms with van der Waals surface area (Å²) >= 11 is 0. The summed E-state index contributed by atoms with van der Waals surface area (Å²) in [6.07, 6.45) is 1.07. The maximum atomic E-state index is 13.5. The van der Waals surface area contributed by atoms with E-state index in [0.717, 1.165) is 0 Å². The number of pyridine rings is 1. The molecule has 1 atom stereocenters. The topological polar surface area (TPSA) is 65.2 Å². The predicted octanol–water partition coefficient (Wildman–Crippen LogP) is 3.19. The quantitative estimate of drug-likeness (QED) is 0.881. The summed E-state index contributed by atoms with van der Waals surface area (Å²) in [4.78, 5) is 3.94. The summed E-state index contributed by atoms with van der Waals surface area (Å²) in [5.41, 5.74) is 6.30. The largest absolute Gasteiger partial charge is 0.482 e. The van der Waals surface area contributed by atoms with Gasteiger partial charge in [-0.3, -0.25) is 0 Å². The molecule has 2 aromatic rings. The van der Waals surface area contributed by atoms with Crippen LogP contribution in [0.2, 0.25) is 0 Å². The third-order valence-electron chi connectivity index (χ3n) is 3.11. The van der Waals surface area contributed by atoms with Crippen molar-refractivity contribution in [3.63, 3.8) is 0 Å². The van der Waals surface area contributed by atoms with Gasteiger partial charge in [-0.15, -0.1) is 0 Å². The van der Waals surface area contributed by atoms with E-state index in [4.69, 9.17) is 10.5 Å². The molecule has 2 N–H and O–H groups in total. The molecular formula is C15H18FN2O2P. The van der Waals surface area contributed by atoms with Crippen LogP contribution in [0.1, 0.15) is 18.6 Å². The number of nitrogens with zero attached hydrogens (tertiary/aromatic N) is 1. The first kappa shape index (κ1) is 15.5. The van der Waals surface area contributed by atoms with Gasteiger partial charge in [0.05, 0.1) is 0 Å². The van der Waals surface area contributed by atoms with Crippen LogP contribution in [0.15, 0.2) is 36.5 Å². The van der Waals surface area contributed by atoms with Crippen molar-refractivity contribution >= 4 is 18.3 Å². The van der Waals surface area contributed by atoms with Gasteiger partial charge in [0.1, 0.15) is 19.1 Å². The molecule has 1 aromatic carbocycles. The third kappa shape index (κ3) is 3.61. The van der Waals surface area contributed by atoms with Gasteiger partial charge in [-0.05, 0) is 50.6 Å². The van der Waals surface area contributed by atoms with Gasteiger partial charge in [0, 0.05) is 17.1 Å². The van der Waals surface area contributed by atoms with Crippen LogP contribution in [0.4, 0.5) is 10.2 Å². The molecule has 2 rings (SSSR count). The first-order valence-electron chi connectivity index (χ1n) is 6.51. The second kappa shape index (κ2) is 5.86. The van der Waals surface area contributed by atoms with Crippen molar-refractivity contribution in [2.75, 3.05) is 19.1 Å². The molecule has 1 heterocycles. The number of benzene rings is 1. The van der Waals surface area contributed by atoms with Crippen molar-refractivity contribution in [1.29, 1.82) is 0 Å². The minimum Gasteiger partial charge on any atom is -0.482 e. The second-order valence-electron chi connectivity index (χ2n) is 5.20. The lowest BCUT2D eigenvalue weighted by Crippen LogP contribution is -2.17. The Balaban J connectivity index is 2.39. The molecule has 0 saturated carbocycles. The zero-order valence-electron chi connectivity index (χ0n) is 12.2. The Kier molecular flexibility index (Phi) is 4.33. The van der Waals surface area contributed by atoms with Gasteiger partial charge < -0.3 is 15.0 Å². The fourth-order valence-corrected chi connectivity index (χ4v) is 3.40. The first-order chi connectivity index (χ1) is 9.79. The summed E-state index contributed by atoms with van der Waals surface area (Å²) < 4.78 is 31.6. The molecule has 1 aromatic heterocycles. The van der Waals surface area contributed by atoms with Crippen molar-refractivity contribution in [1.82, 2.24) is 4.98 Å². The molecule has 21 heavy (non-hydrogen) atoms. The van der Waals surface area contributed by atoms with Crippen LogP contribution >= 0.6 is 7.14 Å². The molecule has 0 aliphatic carbocycles. The van der Waals surface area contributed by atoms with Gasteiger partial charge in [0.25, 0.3) is 0 Å². The highest BCUT2D eigenvalue weighted by Gasteiger charge is 2.22. The van der Waals surface area contributed by atoms with Crippen molar-refractivity contribution in [2.45, 2.75) is 13.0 Å². The van der Waals surface area contributed by atoms with E-state index in [-0.39, 0.29) is 5.82 Å². The summed E-state index contributed by atoms with van der Waals surface area (Å²) in [6.45, 7) is 5.06. The number of anilines is 1. The van der Waals surface area contributed by atoms with Crippen molar-refractivity contribution < 1.29 is 13.7 Å². The smallest absolute Gasteiger partial charge is 0.166 e. The minimum absolute atomic E-state index is 0.262. The Morgan fingerprint density at radius 1 is 1.33 bits per heavy atom. The van der Waals surface area contributed by atoms with E-state index in [1.165, 1.54) is 12.1 Å². The number of ether oxygens (including phenoxy) is 1. The molecule has 0 aliphatic heterocycles. The van der Waals surface area contributed by atoms with Crippen LogP contribution in [0.25, 0.3) is 0 Å². The summed E-state index contributed by atoms with van der Waals surface area (Å²) in [7, 11) is -2.54. The number of aromatic nitrogens is 1. The van der Waals surface area contributed by atoms with Crippen LogP contribution in [-0.4, -0.2) is 18.3 Å². The van der Waals surface area contributed by atoms with Gasteiger partial charge in [-0.2, -0.15) is 0 Å². The molecule has 0 aliphatic rings. The number of nitrogens with two attached hydrogens (primary N) is 1. The molecule has 0 bridgehead atoms. The Hall–Kier alpha value is -1.87. The van der Waals surface area contributed by atoms with Gasteiger partial charge in [0.2, 0.25) is 0 Å². The zero-order valence-corrected chi connectivity index (χ0v) is 13.1. The number of halogens is 1. The lowest BCUT2D eigenvalue weighted by Gasteiger charge is -2.21. The van der Waals surface area contributed by atoms with E-state index >= 15 is 0 Å². The van der Waals surface area contributed by atoms with Gasteiger partial charge >= 0.3 is 0 Å². The fourth-order valence-electron chi connectivity index (χ4n) is 2.10. The van der Waals surface area contributed by atoms with Crippen LogP contribution in [0, 0.1) is 5.82 Å². The molecule has 4 nitrogen and oxygen atoms in total. The number of nitrogen functional groups attached to an aromatic ring is 1. The van der Waals surface area contributed by atoms with E-state index in [9.17, 15) is 8.96 Å². The maximum absolute atomic E-state index is 13.5. The van der Waals surface area contributed by atoms with E-state index in [2.05, 4.69) is 4.98 Å². The predicted molar refractivity (Wildman–Crippen MR) is 83.2 cm³/mol. The highest BCUT2D eigenvalue weighted by molar-refractivity contribution is 7.70. The van der Waals surface area contributed by atoms with Crippen LogP contribution in [0.5, 0.6) is 5.75 Å². The third-order valence-corrected chi connectivity index (χ3v) is 4.68. The summed E-state index contributed by atoms with van der Waals surface area (Å²) in [5.74, 6) is 0.289. The highest BCUT2D eigenvalue weighted by Crippen LogP contribution is 2.38. The number of hydrogen-bond donors (Lipinski definition) is 1. The molecule has 0 fully saturated rings. The Bertz CT molecular complexity index is 700. The van der Waals surface area contributed by atoms with E-state index < -0.39 is 19.1 Å². The van der Waals surface area contributed by atoms with E-state index in [1.54, 1.807) is 44.6 Å². The van der Waals surface area contributed by atoms with Crippen molar-refractivity contribution in [2.24, 2.45) is 0 Å². The number of hydrogen-bond acceptors (Lipinski definition) is 4. The second-order valence-corrected chi connectivity index (χ2v) is 8.38. The normalized spacial score (nSPS) is 13.0. The standard InChI is InChI=1S/C15H18FN2O2P/c1-10(20-13-5-4-8-18-15(13)17)12-9-11(16)6-7-14(12)21(2,3)19/h4-10H,1-3H3,(H2,17,18). The first-order valence-corrected chi connectivity index (χ1v) is 9.11. The average molecular weight is 308 g/mol. The van der Waals surface area contributed by atoms with Gasteiger partial charge in [-0.1, -0.05) is 0 Å². The van der Waals surface area contributed by atoms with Gasteiger partial charge in [0.15, 0.2) is 11.6 Å². The molecule has 0 saturated heterocycles. The fraction of sp³-hybridized carbons (Fsp3) is 0.267. The average Bonchev–Trinajstić information content (AvgIpc) is 2.40. The van der Waals surface area contributed by atoms with Crippen LogP contribution < -0.4 is 15.8 Å². The van der Waals surface area contributed by atoms with Crippen molar-refractivity contribution in [3.8, 4) is 5.75 Å². The lowest BCUT2D eigenvalue weighted by molar-refractivity contribution is 0.228. The molecular weight excluding hydrogens is 290 g/mol. The number of rotatable bonds is 4. The highest BCUT2D eigenvalue weighted by atomic mass is 31.2. The molecule has 0 amide bonds. The van der Waals surface area contributed by atoms with E-state index in [0.29, 0.717) is 16.6 Å². The van der Waals surface area contributed by atoms with Crippen molar-refractivity contribution in [3.05, 3.63) is 47.9 Å². The molecule has 1 unspecified atom stereocenters. The Morgan fingerprint density at radius 2 is 2.05 bits per heavy atom. The SMILES string of the molecule is CC(Oc1cccnc1N)c1cc(F)ccc1P(C)(C)=O. The summed E-state index contributed by atoms with van der Waals surface area (Å²) in [6, 6.07) is 7.61. The Morgan fingerprint density at radius 3 is 2.67 bits per heavy atom. The van der Waals surface area contributed by atoms with Crippen LogP contribution in [0.3, 0.4) is 0 Å². The summed E-state index contributed by atoms with van der Waals surface area (Å²) in [5, 5.41) is 0.610. The maximum Gasteiger partial charge on any atom is 0.166 e. The molecule has 112 valence electrons. The lowest BCUT2D eigenvalue weighted by atomic mass is 10.1. The molecule has 6 heteroatoms.